The van der Waals surface area contributed by atoms with Gasteiger partial charge in [-0.3, -0.25) is 14.4 Å². The van der Waals surface area contributed by atoms with Gasteiger partial charge in [-0.25, -0.2) is 0 Å². The molecular weight excluding hydrogens is 438 g/mol. The number of hydrogen-bond donors (Lipinski definition) is 1. The van der Waals surface area contributed by atoms with Crippen LogP contribution in [0.1, 0.15) is 60.0 Å². The van der Waals surface area contributed by atoms with Crippen molar-refractivity contribution in [3.05, 3.63) is 64.2 Å². The molecule has 0 radical (unpaired) electrons. The Labute approximate surface area is 199 Å². The van der Waals surface area contributed by atoms with E-state index in [-0.39, 0.29) is 30.6 Å². The Balaban J connectivity index is 1.28. The zero-order valence-electron chi connectivity index (χ0n) is 18.8. The minimum Gasteiger partial charge on any atom is -0.352 e. The lowest BCUT2D eigenvalue weighted by Crippen LogP contribution is -2.33. The Morgan fingerprint density at radius 1 is 0.879 bits per heavy atom. The summed E-state index contributed by atoms with van der Waals surface area (Å²) in [5.41, 5.74) is 3.61. The molecule has 33 heavy (non-hydrogen) atoms. The average Bonchev–Trinajstić information content (AvgIpc) is 3.05. The Bertz CT molecular complexity index is 1010. The second kappa shape index (κ2) is 10.8. The summed E-state index contributed by atoms with van der Waals surface area (Å²) in [6.07, 6.45) is 5.72. The molecule has 2 aromatic carbocycles. The summed E-state index contributed by atoms with van der Waals surface area (Å²) in [6.45, 7) is 2.67. The molecule has 0 saturated carbocycles. The highest BCUT2D eigenvalue weighted by atomic mass is 35.5. The fourth-order valence-corrected chi connectivity index (χ4v) is 4.64. The van der Waals surface area contributed by atoms with Crippen molar-refractivity contribution in [3.8, 4) is 0 Å². The summed E-state index contributed by atoms with van der Waals surface area (Å²) in [5.74, 6) is -0.0752. The van der Waals surface area contributed by atoms with Crippen LogP contribution in [0.3, 0.4) is 0 Å². The molecule has 0 bridgehead atoms. The van der Waals surface area contributed by atoms with E-state index in [0.29, 0.717) is 23.7 Å². The van der Waals surface area contributed by atoms with Gasteiger partial charge in [0.2, 0.25) is 11.8 Å². The molecule has 1 fully saturated rings. The summed E-state index contributed by atoms with van der Waals surface area (Å²) in [7, 11) is 0. The summed E-state index contributed by atoms with van der Waals surface area (Å²) >= 11 is 5.93. The van der Waals surface area contributed by atoms with E-state index < -0.39 is 0 Å². The molecule has 2 heterocycles. The van der Waals surface area contributed by atoms with Crippen LogP contribution in [0.5, 0.6) is 0 Å². The normalized spacial score (nSPS) is 15.7. The van der Waals surface area contributed by atoms with Crippen molar-refractivity contribution in [2.24, 2.45) is 0 Å². The highest BCUT2D eigenvalue weighted by molar-refractivity contribution is 6.30. The number of rotatable bonds is 6. The number of hydrogen-bond acceptors (Lipinski definition) is 3. The first-order valence-electron chi connectivity index (χ1n) is 11.7. The lowest BCUT2D eigenvalue weighted by atomic mass is 10.1. The average molecular weight is 468 g/mol. The standard InChI is InChI=1S/C26H30ClN3O3/c27-22-8-6-20(7-9-22)26(33)30-16-13-21-17-19(5-10-23(21)30)18-28-24(31)11-12-25(32)29-14-3-1-2-4-15-29/h5-10,17H,1-4,11-16,18H2,(H,28,31). The van der Waals surface area contributed by atoms with Crippen LogP contribution in [-0.4, -0.2) is 42.3 Å². The smallest absolute Gasteiger partial charge is 0.258 e. The summed E-state index contributed by atoms with van der Waals surface area (Å²) < 4.78 is 0. The highest BCUT2D eigenvalue weighted by Gasteiger charge is 2.25. The molecule has 0 aliphatic carbocycles. The predicted molar refractivity (Wildman–Crippen MR) is 129 cm³/mol. The van der Waals surface area contributed by atoms with Gasteiger partial charge in [0.1, 0.15) is 0 Å². The highest BCUT2D eigenvalue weighted by Crippen LogP contribution is 2.30. The summed E-state index contributed by atoms with van der Waals surface area (Å²) in [4.78, 5) is 41.2. The number of carbonyl (C=O) groups is 3. The van der Waals surface area contributed by atoms with Gasteiger partial charge in [0.15, 0.2) is 0 Å². The molecule has 0 atom stereocenters. The van der Waals surface area contributed by atoms with Crippen molar-refractivity contribution < 1.29 is 14.4 Å². The van der Waals surface area contributed by atoms with Crippen LogP contribution in [0.4, 0.5) is 5.69 Å². The van der Waals surface area contributed by atoms with Gasteiger partial charge in [0.25, 0.3) is 5.91 Å². The summed E-state index contributed by atoms with van der Waals surface area (Å²) in [5, 5.41) is 3.53. The van der Waals surface area contributed by atoms with Gasteiger partial charge < -0.3 is 15.1 Å². The second-order valence-corrected chi connectivity index (χ2v) is 9.18. The van der Waals surface area contributed by atoms with Crippen LogP contribution in [0.2, 0.25) is 5.02 Å². The Hall–Kier alpha value is -2.86. The number of amides is 3. The fraction of sp³-hybridized carbons (Fsp3) is 0.423. The van der Waals surface area contributed by atoms with Gasteiger partial charge in [-0.15, -0.1) is 0 Å². The van der Waals surface area contributed by atoms with E-state index in [1.54, 1.807) is 29.2 Å². The van der Waals surface area contributed by atoms with Gasteiger partial charge in [-0.1, -0.05) is 36.6 Å². The maximum absolute atomic E-state index is 12.9. The van der Waals surface area contributed by atoms with E-state index in [9.17, 15) is 14.4 Å². The maximum atomic E-state index is 12.9. The minimum absolute atomic E-state index is 0.0412. The lowest BCUT2D eigenvalue weighted by molar-refractivity contribution is -0.133. The van der Waals surface area contributed by atoms with Gasteiger partial charge in [-0.05, 0) is 60.7 Å². The number of benzene rings is 2. The predicted octanol–water partition coefficient (Wildman–Crippen LogP) is 4.34. The van der Waals surface area contributed by atoms with Gasteiger partial charge in [-0.2, -0.15) is 0 Å². The molecule has 7 heteroatoms. The molecule has 6 nitrogen and oxygen atoms in total. The Kier molecular flexibility index (Phi) is 7.65. The third-order valence-electron chi connectivity index (χ3n) is 6.39. The third kappa shape index (κ3) is 5.93. The van der Waals surface area contributed by atoms with Crippen LogP contribution < -0.4 is 10.2 Å². The van der Waals surface area contributed by atoms with E-state index in [4.69, 9.17) is 11.6 Å². The maximum Gasteiger partial charge on any atom is 0.258 e. The number of anilines is 1. The first-order chi connectivity index (χ1) is 16.0. The lowest BCUT2D eigenvalue weighted by Gasteiger charge is -2.20. The van der Waals surface area contributed by atoms with Gasteiger partial charge >= 0.3 is 0 Å². The molecule has 2 aliphatic heterocycles. The first kappa shape index (κ1) is 23.3. The molecule has 3 amide bonds. The molecule has 2 aliphatic rings. The summed E-state index contributed by atoms with van der Waals surface area (Å²) in [6, 6.07) is 12.9. The number of likely N-dealkylation sites (tertiary alicyclic amines) is 1. The number of carbonyl (C=O) groups excluding carboxylic acids is 3. The topological polar surface area (TPSA) is 69.7 Å². The van der Waals surface area contributed by atoms with Crippen molar-refractivity contribution >= 4 is 35.0 Å². The largest absolute Gasteiger partial charge is 0.352 e. The van der Waals surface area contributed by atoms with Crippen molar-refractivity contribution in [2.45, 2.75) is 51.5 Å². The number of nitrogens with one attached hydrogen (secondary N) is 1. The van der Waals surface area contributed by atoms with Crippen LogP contribution in [0.25, 0.3) is 0 Å². The fourth-order valence-electron chi connectivity index (χ4n) is 4.51. The van der Waals surface area contributed by atoms with E-state index in [1.165, 1.54) is 12.8 Å². The first-order valence-corrected chi connectivity index (χ1v) is 12.1. The van der Waals surface area contributed by atoms with Crippen LogP contribution in [-0.2, 0) is 22.6 Å². The van der Waals surface area contributed by atoms with Crippen LogP contribution in [0, 0.1) is 0 Å². The van der Waals surface area contributed by atoms with Crippen LogP contribution >= 0.6 is 11.6 Å². The monoisotopic (exact) mass is 467 g/mol. The van der Waals surface area contributed by atoms with E-state index in [0.717, 1.165) is 49.2 Å². The molecule has 2 aromatic rings. The SMILES string of the molecule is O=C(CCC(=O)N1CCCCCC1)NCc1ccc2c(c1)CCN2C(=O)c1ccc(Cl)cc1. The van der Waals surface area contributed by atoms with Crippen molar-refractivity contribution in [3.63, 3.8) is 0 Å². The zero-order chi connectivity index (χ0) is 23.2. The molecule has 0 spiro atoms. The molecule has 174 valence electrons. The third-order valence-corrected chi connectivity index (χ3v) is 6.64. The number of fused-ring (bicyclic) bond motifs is 1. The van der Waals surface area contributed by atoms with E-state index in [1.807, 2.05) is 23.1 Å². The van der Waals surface area contributed by atoms with E-state index >= 15 is 0 Å². The van der Waals surface area contributed by atoms with Crippen molar-refractivity contribution in [1.29, 1.82) is 0 Å². The van der Waals surface area contributed by atoms with Crippen molar-refractivity contribution in [2.75, 3.05) is 24.5 Å². The Morgan fingerprint density at radius 2 is 1.61 bits per heavy atom. The molecule has 4 rings (SSSR count). The second-order valence-electron chi connectivity index (χ2n) is 8.75. The molecule has 0 aromatic heterocycles. The Morgan fingerprint density at radius 3 is 2.33 bits per heavy atom. The van der Waals surface area contributed by atoms with Gasteiger partial charge in [0.05, 0.1) is 0 Å². The molecule has 1 saturated heterocycles. The minimum atomic E-state index is -0.113. The number of nitrogens with zero attached hydrogens (tertiary/aromatic N) is 2. The van der Waals surface area contributed by atoms with Crippen molar-refractivity contribution in [1.82, 2.24) is 10.2 Å². The quantitative estimate of drug-likeness (QED) is 0.687. The molecule has 1 N–H and O–H groups in total. The van der Waals surface area contributed by atoms with E-state index in [2.05, 4.69) is 5.32 Å². The van der Waals surface area contributed by atoms with Crippen LogP contribution in [0.15, 0.2) is 42.5 Å². The molecular formula is C26H30ClN3O3. The number of halogens is 1. The van der Waals surface area contributed by atoms with Gasteiger partial charge in [0, 0.05) is 55.3 Å². The molecule has 0 unspecified atom stereocenters. The zero-order valence-corrected chi connectivity index (χ0v) is 19.6.